The van der Waals surface area contributed by atoms with Gasteiger partial charge < -0.3 is 10.2 Å². The van der Waals surface area contributed by atoms with Crippen molar-refractivity contribution in [2.45, 2.75) is 32.7 Å². The van der Waals surface area contributed by atoms with Crippen LogP contribution in [0.15, 0.2) is 18.3 Å². The minimum Gasteiger partial charge on any atom is -0.311 e. The first-order chi connectivity index (χ1) is 8.34. The number of aromatic nitrogens is 1. The van der Waals surface area contributed by atoms with E-state index in [2.05, 4.69) is 34.3 Å². The highest BCUT2D eigenvalue weighted by Crippen LogP contribution is 2.06. The molecule has 1 saturated heterocycles. The first kappa shape index (κ1) is 12.5. The predicted molar refractivity (Wildman–Crippen MR) is 71.0 cm³/mol. The third-order valence-electron chi connectivity index (χ3n) is 3.31. The second-order valence-electron chi connectivity index (χ2n) is 4.91. The van der Waals surface area contributed by atoms with Crippen LogP contribution in [0.3, 0.4) is 0 Å². The predicted octanol–water partition coefficient (Wildman–Crippen LogP) is 1.97. The van der Waals surface area contributed by atoms with Crippen LogP contribution in [-0.2, 0) is 6.54 Å². The van der Waals surface area contributed by atoms with Crippen molar-refractivity contribution in [3.05, 3.63) is 29.6 Å². The summed E-state index contributed by atoms with van der Waals surface area (Å²) in [4.78, 5) is 6.94. The van der Waals surface area contributed by atoms with Crippen LogP contribution >= 0.6 is 0 Å². The molecule has 0 aromatic carbocycles. The van der Waals surface area contributed by atoms with E-state index in [0.717, 1.165) is 18.8 Å². The molecule has 3 heteroatoms. The molecule has 0 amide bonds. The minimum atomic E-state index is 0.889. The van der Waals surface area contributed by atoms with E-state index in [1.54, 1.807) is 0 Å². The van der Waals surface area contributed by atoms with Crippen LogP contribution in [0.5, 0.6) is 0 Å². The van der Waals surface area contributed by atoms with Gasteiger partial charge in [-0.3, -0.25) is 4.98 Å². The topological polar surface area (TPSA) is 28.2 Å². The molecule has 0 radical (unpaired) electrons. The molecule has 0 atom stereocenters. The van der Waals surface area contributed by atoms with Crippen LogP contribution in [0.1, 0.15) is 30.5 Å². The Morgan fingerprint density at radius 3 is 2.82 bits per heavy atom. The van der Waals surface area contributed by atoms with Gasteiger partial charge in [-0.05, 0) is 64.0 Å². The smallest absolute Gasteiger partial charge is 0.0541 e. The Labute approximate surface area is 104 Å². The molecule has 1 fully saturated rings. The van der Waals surface area contributed by atoms with Crippen LogP contribution in [0.25, 0.3) is 0 Å². The van der Waals surface area contributed by atoms with Gasteiger partial charge in [0.25, 0.3) is 0 Å². The SMILES string of the molecule is Cc1ccc(CNCCCN2CCCC2)nc1. The molecule has 1 aromatic rings. The van der Waals surface area contributed by atoms with E-state index in [1.165, 1.54) is 44.5 Å². The van der Waals surface area contributed by atoms with Gasteiger partial charge in [-0.2, -0.15) is 0 Å². The second-order valence-corrected chi connectivity index (χ2v) is 4.91. The molecule has 1 aliphatic heterocycles. The molecule has 1 aliphatic rings. The van der Waals surface area contributed by atoms with E-state index in [1.807, 2.05) is 6.20 Å². The van der Waals surface area contributed by atoms with Gasteiger partial charge in [0.15, 0.2) is 0 Å². The van der Waals surface area contributed by atoms with Gasteiger partial charge in [0.2, 0.25) is 0 Å². The van der Waals surface area contributed by atoms with E-state index in [-0.39, 0.29) is 0 Å². The molecule has 3 nitrogen and oxygen atoms in total. The molecule has 2 heterocycles. The fraction of sp³-hybridized carbons (Fsp3) is 0.643. The van der Waals surface area contributed by atoms with E-state index < -0.39 is 0 Å². The van der Waals surface area contributed by atoms with Gasteiger partial charge in [-0.15, -0.1) is 0 Å². The van der Waals surface area contributed by atoms with Crippen LogP contribution in [0, 0.1) is 6.92 Å². The quantitative estimate of drug-likeness (QED) is 0.761. The highest BCUT2D eigenvalue weighted by Gasteiger charge is 2.09. The van der Waals surface area contributed by atoms with Gasteiger partial charge in [-0.25, -0.2) is 0 Å². The highest BCUT2D eigenvalue weighted by atomic mass is 15.1. The maximum atomic E-state index is 4.38. The summed E-state index contributed by atoms with van der Waals surface area (Å²) >= 11 is 0. The van der Waals surface area contributed by atoms with Crippen LogP contribution in [-0.4, -0.2) is 36.1 Å². The molecular weight excluding hydrogens is 210 g/mol. The second kappa shape index (κ2) is 6.72. The van der Waals surface area contributed by atoms with Gasteiger partial charge in [0.1, 0.15) is 0 Å². The number of hydrogen-bond acceptors (Lipinski definition) is 3. The van der Waals surface area contributed by atoms with E-state index in [0.29, 0.717) is 0 Å². The number of rotatable bonds is 6. The zero-order valence-corrected chi connectivity index (χ0v) is 10.8. The molecule has 1 N–H and O–H groups in total. The van der Waals surface area contributed by atoms with Crippen molar-refractivity contribution in [2.24, 2.45) is 0 Å². The zero-order valence-electron chi connectivity index (χ0n) is 10.8. The number of hydrogen-bond donors (Lipinski definition) is 1. The lowest BCUT2D eigenvalue weighted by Crippen LogP contribution is -2.24. The van der Waals surface area contributed by atoms with Crippen molar-refractivity contribution in [2.75, 3.05) is 26.2 Å². The highest BCUT2D eigenvalue weighted by molar-refractivity contribution is 5.11. The number of aryl methyl sites for hydroxylation is 1. The van der Waals surface area contributed by atoms with Crippen LogP contribution in [0.2, 0.25) is 0 Å². The number of likely N-dealkylation sites (tertiary alicyclic amines) is 1. The maximum absolute atomic E-state index is 4.38. The summed E-state index contributed by atoms with van der Waals surface area (Å²) in [7, 11) is 0. The molecular formula is C14H23N3. The Balaban J connectivity index is 1.55. The molecule has 0 spiro atoms. The molecule has 0 aliphatic carbocycles. The third-order valence-corrected chi connectivity index (χ3v) is 3.31. The first-order valence-electron chi connectivity index (χ1n) is 6.69. The fourth-order valence-electron chi connectivity index (χ4n) is 2.25. The summed E-state index contributed by atoms with van der Waals surface area (Å²) in [5.74, 6) is 0. The van der Waals surface area contributed by atoms with Crippen molar-refractivity contribution in [1.29, 1.82) is 0 Å². The van der Waals surface area contributed by atoms with E-state index in [9.17, 15) is 0 Å². The van der Waals surface area contributed by atoms with Gasteiger partial charge in [0, 0.05) is 12.7 Å². The van der Waals surface area contributed by atoms with E-state index in [4.69, 9.17) is 0 Å². The number of nitrogens with one attached hydrogen (secondary N) is 1. The molecule has 0 bridgehead atoms. The van der Waals surface area contributed by atoms with Crippen molar-refractivity contribution in [1.82, 2.24) is 15.2 Å². The van der Waals surface area contributed by atoms with Gasteiger partial charge >= 0.3 is 0 Å². The Morgan fingerprint density at radius 2 is 2.12 bits per heavy atom. The minimum absolute atomic E-state index is 0.889. The first-order valence-corrected chi connectivity index (χ1v) is 6.69. The van der Waals surface area contributed by atoms with E-state index >= 15 is 0 Å². The lowest BCUT2D eigenvalue weighted by molar-refractivity contribution is 0.331. The zero-order chi connectivity index (χ0) is 11.9. The van der Waals surface area contributed by atoms with Crippen LogP contribution in [0.4, 0.5) is 0 Å². The Bertz CT molecular complexity index is 315. The molecule has 0 unspecified atom stereocenters. The Morgan fingerprint density at radius 1 is 1.29 bits per heavy atom. The Hall–Kier alpha value is -0.930. The number of nitrogens with zero attached hydrogens (tertiary/aromatic N) is 2. The molecule has 94 valence electrons. The maximum Gasteiger partial charge on any atom is 0.0541 e. The average molecular weight is 233 g/mol. The summed E-state index contributed by atoms with van der Waals surface area (Å²) in [5, 5.41) is 3.46. The Kier molecular flexibility index (Phi) is 4.95. The molecule has 0 saturated carbocycles. The average Bonchev–Trinajstić information content (AvgIpc) is 2.84. The summed E-state index contributed by atoms with van der Waals surface area (Å²) in [5.41, 5.74) is 2.36. The lowest BCUT2D eigenvalue weighted by atomic mass is 10.3. The van der Waals surface area contributed by atoms with Gasteiger partial charge in [0.05, 0.1) is 5.69 Å². The van der Waals surface area contributed by atoms with Crippen molar-refractivity contribution >= 4 is 0 Å². The fourth-order valence-corrected chi connectivity index (χ4v) is 2.25. The van der Waals surface area contributed by atoms with Gasteiger partial charge in [-0.1, -0.05) is 6.07 Å². The molecule has 1 aromatic heterocycles. The number of pyridine rings is 1. The van der Waals surface area contributed by atoms with Crippen molar-refractivity contribution in [3.63, 3.8) is 0 Å². The summed E-state index contributed by atoms with van der Waals surface area (Å²) in [6, 6.07) is 4.22. The summed E-state index contributed by atoms with van der Waals surface area (Å²) in [6.45, 7) is 7.90. The summed E-state index contributed by atoms with van der Waals surface area (Å²) < 4.78 is 0. The lowest BCUT2D eigenvalue weighted by Gasteiger charge is -2.14. The molecule has 2 rings (SSSR count). The third kappa shape index (κ3) is 4.44. The normalized spacial score (nSPS) is 16.5. The monoisotopic (exact) mass is 233 g/mol. The van der Waals surface area contributed by atoms with Crippen molar-refractivity contribution < 1.29 is 0 Å². The van der Waals surface area contributed by atoms with Crippen LogP contribution < -0.4 is 5.32 Å². The summed E-state index contributed by atoms with van der Waals surface area (Å²) in [6.07, 6.45) is 5.95. The largest absolute Gasteiger partial charge is 0.311 e. The van der Waals surface area contributed by atoms with Crippen molar-refractivity contribution in [3.8, 4) is 0 Å². The molecule has 17 heavy (non-hydrogen) atoms. The standard InChI is InChI=1S/C14H23N3/c1-13-5-6-14(16-11-13)12-15-7-4-10-17-8-2-3-9-17/h5-6,11,15H,2-4,7-10,12H2,1H3.